The van der Waals surface area contributed by atoms with E-state index in [4.69, 9.17) is 4.74 Å². The Morgan fingerprint density at radius 2 is 1.95 bits per heavy atom. The zero-order valence-electron chi connectivity index (χ0n) is 11.9. The van der Waals surface area contributed by atoms with Crippen molar-refractivity contribution >= 4 is 11.9 Å². The van der Waals surface area contributed by atoms with Crippen LogP contribution in [0.4, 0.5) is 0 Å². The maximum Gasteiger partial charge on any atom is 0.331 e. The molecule has 5 heteroatoms. The second-order valence-corrected chi connectivity index (χ2v) is 5.83. The molecule has 2 aliphatic rings. The van der Waals surface area contributed by atoms with Crippen LogP contribution in [-0.4, -0.2) is 35.7 Å². The third-order valence-corrected chi connectivity index (χ3v) is 4.39. The van der Waals surface area contributed by atoms with Crippen LogP contribution >= 0.6 is 0 Å². The lowest BCUT2D eigenvalue weighted by atomic mass is 9.90. The highest BCUT2D eigenvalue weighted by atomic mass is 16.5. The van der Waals surface area contributed by atoms with Crippen LogP contribution < -0.4 is 5.32 Å². The van der Waals surface area contributed by atoms with Crippen LogP contribution in [0.2, 0.25) is 0 Å². The van der Waals surface area contributed by atoms with Gasteiger partial charge in [0, 0.05) is 18.6 Å². The maximum absolute atomic E-state index is 12.4. The molecule has 1 aliphatic heterocycles. The number of fused-ring (bicyclic) bond motifs is 1. The van der Waals surface area contributed by atoms with Crippen LogP contribution in [0, 0.1) is 0 Å². The molecule has 1 heterocycles. The van der Waals surface area contributed by atoms with E-state index in [1.807, 2.05) is 12.1 Å². The first-order valence-corrected chi connectivity index (χ1v) is 7.36. The van der Waals surface area contributed by atoms with Gasteiger partial charge in [0.15, 0.2) is 5.54 Å². The van der Waals surface area contributed by atoms with Gasteiger partial charge in [-0.2, -0.15) is 0 Å². The lowest BCUT2D eigenvalue weighted by Gasteiger charge is -2.24. The molecule has 1 aliphatic carbocycles. The molecule has 0 spiro atoms. The number of hydrogen-bond donors (Lipinski definition) is 2. The van der Waals surface area contributed by atoms with Crippen molar-refractivity contribution in [1.29, 1.82) is 0 Å². The normalized spacial score (nSPS) is 24.4. The van der Waals surface area contributed by atoms with Gasteiger partial charge in [0.25, 0.3) is 5.91 Å². The molecule has 1 fully saturated rings. The standard InChI is InChI=1S/C16H19NO4/c18-14(17-16(15(19)20)7-8-21-10-16)13-6-5-11-3-1-2-4-12(11)9-13/h5-6,9H,1-4,7-8,10H2,(H,17,18)(H,19,20). The van der Waals surface area contributed by atoms with Crippen molar-refractivity contribution in [2.45, 2.75) is 37.6 Å². The fourth-order valence-corrected chi connectivity index (χ4v) is 3.05. The zero-order chi connectivity index (χ0) is 14.9. The lowest BCUT2D eigenvalue weighted by molar-refractivity contribution is -0.144. The molecule has 1 aromatic rings. The molecule has 0 aromatic heterocycles. The first kappa shape index (κ1) is 14.1. The summed E-state index contributed by atoms with van der Waals surface area (Å²) in [5, 5.41) is 12.0. The van der Waals surface area contributed by atoms with Gasteiger partial charge in [-0.15, -0.1) is 0 Å². The fraction of sp³-hybridized carbons (Fsp3) is 0.500. The summed E-state index contributed by atoms with van der Waals surface area (Å²) >= 11 is 0. The van der Waals surface area contributed by atoms with E-state index in [0.29, 0.717) is 18.6 Å². The Hall–Kier alpha value is -1.88. The van der Waals surface area contributed by atoms with Gasteiger partial charge < -0.3 is 15.2 Å². The van der Waals surface area contributed by atoms with Crippen LogP contribution in [0.5, 0.6) is 0 Å². The minimum absolute atomic E-state index is 0.0268. The van der Waals surface area contributed by atoms with E-state index >= 15 is 0 Å². The highest BCUT2D eigenvalue weighted by molar-refractivity contribution is 5.98. The Morgan fingerprint density at radius 1 is 1.19 bits per heavy atom. The van der Waals surface area contributed by atoms with Crippen molar-refractivity contribution in [3.05, 3.63) is 34.9 Å². The average molecular weight is 289 g/mol. The summed E-state index contributed by atoms with van der Waals surface area (Å²) in [6, 6.07) is 5.67. The molecule has 0 bridgehead atoms. The summed E-state index contributed by atoms with van der Waals surface area (Å²) in [6.07, 6.45) is 4.69. The molecule has 2 N–H and O–H groups in total. The number of carboxylic acids is 1. The Labute approximate surface area is 123 Å². The van der Waals surface area contributed by atoms with E-state index in [1.54, 1.807) is 6.07 Å². The summed E-state index contributed by atoms with van der Waals surface area (Å²) in [5.41, 5.74) is 1.76. The van der Waals surface area contributed by atoms with Gasteiger partial charge in [-0.25, -0.2) is 4.79 Å². The van der Waals surface area contributed by atoms with Crippen molar-refractivity contribution in [3.63, 3.8) is 0 Å². The van der Waals surface area contributed by atoms with E-state index in [9.17, 15) is 14.7 Å². The van der Waals surface area contributed by atoms with Gasteiger partial charge in [-0.3, -0.25) is 4.79 Å². The highest BCUT2D eigenvalue weighted by Crippen LogP contribution is 2.24. The van der Waals surface area contributed by atoms with Crippen molar-refractivity contribution in [2.24, 2.45) is 0 Å². The Kier molecular flexibility index (Phi) is 3.68. The number of amides is 1. The highest BCUT2D eigenvalue weighted by Gasteiger charge is 2.44. The van der Waals surface area contributed by atoms with Gasteiger partial charge in [0.2, 0.25) is 0 Å². The molecule has 1 atom stereocenters. The average Bonchev–Trinajstić information content (AvgIpc) is 2.96. The molecular weight excluding hydrogens is 270 g/mol. The predicted molar refractivity (Wildman–Crippen MR) is 76.4 cm³/mol. The number of carboxylic acid groups (broad SMARTS) is 1. The van der Waals surface area contributed by atoms with E-state index < -0.39 is 11.5 Å². The summed E-state index contributed by atoms with van der Waals surface area (Å²) in [4.78, 5) is 23.8. The number of carbonyl (C=O) groups excluding carboxylic acids is 1. The predicted octanol–water partition coefficient (Wildman–Crippen LogP) is 1.54. The second-order valence-electron chi connectivity index (χ2n) is 5.83. The number of nitrogens with one attached hydrogen (secondary N) is 1. The number of rotatable bonds is 3. The maximum atomic E-state index is 12.4. The molecule has 1 unspecified atom stereocenters. The van der Waals surface area contributed by atoms with Crippen LogP contribution in [-0.2, 0) is 22.4 Å². The second kappa shape index (κ2) is 5.48. The summed E-state index contributed by atoms with van der Waals surface area (Å²) in [7, 11) is 0. The summed E-state index contributed by atoms with van der Waals surface area (Å²) in [6.45, 7) is 0.385. The van der Waals surface area contributed by atoms with Gasteiger partial charge in [-0.1, -0.05) is 6.07 Å². The van der Waals surface area contributed by atoms with Gasteiger partial charge in [-0.05, 0) is 48.9 Å². The topological polar surface area (TPSA) is 75.6 Å². The quantitative estimate of drug-likeness (QED) is 0.885. The van der Waals surface area contributed by atoms with E-state index in [-0.39, 0.29) is 12.5 Å². The van der Waals surface area contributed by atoms with Crippen LogP contribution in [0.3, 0.4) is 0 Å². The molecule has 0 saturated carbocycles. The Balaban J connectivity index is 1.80. The monoisotopic (exact) mass is 289 g/mol. The van der Waals surface area contributed by atoms with Crippen LogP contribution in [0.25, 0.3) is 0 Å². The molecule has 21 heavy (non-hydrogen) atoms. The van der Waals surface area contributed by atoms with Crippen molar-refractivity contribution in [1.82, 2.24) is 5.32 Å². The number of aliphatic carboxylic acids is 1. The lowest BCUT2D eigenvalue weighted by Crippen LogP contribution is -2.55. The van der Waals surface area contributed by atoms with E-state index in [1.165, 1.54) is 17.5 Å². The van der Waals surface area contributed by atoms with E-state index in [0.717, 1.165) is 19.3 Å². The minimum atomic E-state index is -1.28. The number of ether oxygens (including phenoxy) is 1. The SMILES string of the molecule is O=C(NC1(C(=O)O)CCOC1)c1ccc2c(c1)CCCC2. The zero-order valence-corrected chi connectivity index (χ0v) is 11.9. The molecule has 112 valence electrons. The first-order chi connectivity index (χ1) is 10.1. The van der Waals surface area contributed by atoms with Gasteiger partial charge >= 0.3 is 5.97 Å². The van der Waals surface area contributed by atoms with Crippen LogP contribution in [0.15, 0.2) is 18.2 Å². The van der Waals surface area contributed by atoms with Crippen LogP contribution in [0.1, 0.15) is 40.7 Å². The smallest absolute Gasteiger partial charge is 0.331 e. The Bertz CT molecular complexity index is 576. The summed E-state index contributed by atoms with van der Waals surface area (Å²) in [5.74, 6) is -1.37. The molecule has 3 rings (SSSR count). The molecule has 0 radical (unpaired) electrons. The molecule has 1 saturated heterocycles. The fourth-order valence-electron chi connectivity index (χ4n) is 3.05. The molecule has 1 amide bonds. The minimum Gasteiger partial charge on any atom is -0.479 e. The van der Waals surface area contributed by atoms with Gasteiger partial charge in [0.1, 0.15) is 0 Å². The number of aryl methyl sites for hydroxylation is 2. The number of carbonyl (C=O) groups is 2. The number of benzene rings is 1. The molecular formula is C16H19NO4. The van der Waals surface area contributed by atoms with Crippen molar-refractivity contribution in [3.8, 4) is 0 Å². The van der Waals surface area contributed by atoms with Gasteiger partial charge in [0.05, 0.1) is 6.61 Å². The van der Waals surface area contributed by atoms with E-state index in [2.05, 4.69) is 5.32 Å². The summed E-state index contributed by atoms with van der Waals surface area (Å²) < 4.78 is 5.15. The third kappa shape index (κ3) is 2.65. The first-order valence-electron chi connectivity index (χ1n) is 7.36. The van der Waals surface area contributed by atoms with Crippen molar-refractivity contribution in [2.75, 3.05) is 13.2 Å². The largest absolute Gasteiger partial charge is 0.479 e. The van der Waals surface area contributed by atoms with Crippen molar-refractivity contribution < 1.29 is 19.4 Å². The number of hydrogen-bond acceptors (Lipinski definition) is 3. The Morgan fingerprint density at radius 3 is 2.62 bits per heavy atom. The molecule has 1 aromatic carbocycles. The third-order valence-electron chi connectivity index (χ3n) is 4.39. The molecule has 5 nitrogen and oxygen atoms in total.